The summed E-state index contributed by atoms with van der Waals surface area (Å²) in [6, 6.07) is 10.2. The van der Waals surface area contributed by atoms with Crippen LogP contribution in [-0.2, 0) is 16.8 Å². The van der Waals surface area contributed by atoms with Gasteiger partial charge >= 0.3 is 5.97 Å². The highest BCUT2D eigenvalue weighted by Gasteiger charge is 2.29. The Morgan fingerprint density at radius 1 is 1.06 bits per heavy atom. The van der Waals surface area contributed by atoms with Gasteiger partial charge in [-0.2, -0.15) is 4.39 Å². The Balaban J connectivity index is 1.56. The monoisotopic (exact) mass is 486 g/mol. The summed E-state index contributed by atoms with van der Waals surface area (Å²) in [4.78, 5) is 26.4. The molecule has 1 saturated heterocycles. The number of benzene rings is 2. The number of carbonyl (C=O) groups excluding carboxylic acids is 1. The summed E-state index contributed by atoms with van der Waals surface area (Å²) in [5.41, 5.74) is 1.07. The zero-order valence-electron chi connectivity index (χ0n) is 20.9. The first kappa shape index (κ1) is 26.5. The van der Waals surface area contributed by atoms with Gasteiger partial charge in [-0.25, -0.2) is 0 Å². The fourth-order valence-corrected chi connectivity index (χ4v) is 4.16. The smallest absolute Gasteiger partial charge is 0.313 e. The number of carboxylic acids is 1. The van der Waals surface area contributed by atoms with E-state index >= 15 is 0 Å². The summed E-state index contributed by atoms with van der Waals surface area (Å²) in [6.07, 6.45) is 1.60. The molecule has 1 amide bonds. The molecule has 7 nitrogen and oxygen atoms in total. The number of hydrogen-bond acceptors (Lipinski definition) is 5. The first-order chi connectivity index (χ1) is 16.6. The standard InChI is InChI=1S/C27H35FN2O5/c1-5-34-22-15-18(16-23(24(22)28)35-6-2)17-30-13-11-21(12-14-30)29-25(31)19-7-9-20(10-8-19)27(3,4)26(32)33/h7-10,15-16,21H,5-6,11-14,17H2,1-4H3,(H,29,31)(H,32,33). The van der Waals surface area contributed by atoms with Gasteiger partial charge in [-0.15, -0.1) is 0 Å². The van der Waals surface area contributed by atoms with Crippen LogP contribution in [-0.4, -0.2) is 54.2 Å². The number of rotatable bonds is 10. The van der Waals surface area contributed by atoms with Gasteiger partial charge in [0.05, 0.1) is 18.6 Å². The SMILES string of the molecule is CCOc1cc(CN2CCC(NC(=O)c3ccc(C(C)(C)C(=O)O)cc3)CC2)cc(OCC)c1F. The van der Waals surface area contributed by atoms with Crippen LogP contribution in [0.2, 0.25) is 0 Å². The lowest BCUT2D eigenvalue weighted by atomic mass is 9.84. The highest BCUT2D eigenvalue weighted by atomic mass is 19.1. The maximum Gasteiger partial charge on any atom is 0.313 e. The Hall–Kier alpha value is -3.13. The van der Waals surface area contributed by atoms with E-state index in [-0.39, 0.29) is 23.4 Å². The van der Waals surface area contributed by atoms with Crippen molar-refractivity contribution in [3.8, 4) is 11.5 Å². The summed E-state index contributed by atoms with van der Waals surface area (Å²) >= 11 is 0. The van der Waals surface area contributed by atoms with Crippen LogP contribution >= 0.6 is 0 Å². The first-order valence-electron chi connectivity index (χ1n) is 12.1. The van der Waals surface area contributed by atoms with Crippen LogP contribution in [0.1, 0.15) is 62.0 Å². The highest BCUT2D eigenvalue weighted by Crippen LogP contribution is 2.30. The van der Waals surface area contributed by atoms with Gasteiger partial charge < -0.3 is 19.9 Å². The van der Waals surface area contributed by atoms with Crippen molar-refractivity contribution in [2.75, 3.05) is 26.3 Å². The Morgan fingerprint density at radius 3 is 2.09 bits per heavy atom. The third-order valence-corrected chi connectivity index (χ3v) is 6.40. The van der Waals surface area contributed by atoms with E-state index in [1.54, 1.807) is 50.2 Å². The molecule has 1 aliphatic heterocycles. The number of carbonyl (C=O) groups is 2. The lowest BCUT2D eigenvalue weighted by Crippen LogP contribution is -2.44. The van der Waals surface area contributed by atoms with E-state index in [0.717, 1.165) is 31.5 Å². The van der Waals surface area contributed by atoms with Gasteiger partial charge in [-0.3, -0.25) is 14.5 Å². The zero-order chi connectivity index (χ0) is 25.6. The van der Waals surface area contributed by atoms with Crippen molar-refractivity contribution in [1.82, 2.24) is 10.2 Å². The van der Waals surface area contributed by atoms with Crippen LogP contribution in [0.15, 0.2) is 36.4 Å². The summed E-state index contributed by atoms with van der Waals surface area (Å²) in [7, 11) is 0. The number of nitrogens with zero attached hydrogens (tertiary/aromatic N) is 1. The normalized spacial score (nSPS) is 15.0. The average Bonchev–Trinajstić information content (AvgIpc) is 2.83. The maximum absolute atomic E-state index is 14.5. The van der Waals surface area contributed by atoms with Crippen molar-refractivity contribution in [1.29, 1.82) is 0 Å². The minimum atomic E-state index is -1.01. The molecule has 2 N–H and O–H groups in total. The number of hydrogen-bond donors (Lipinski definition) is 2. The number of amides is 1. The number of carboxylic acid groups (broad SMARTS) is 1. The van der Waals surface area contributed by atoms with E-state index in [1.165, 1.54) is 0 Å². The molecule has 0 aromatic heterocycles. The number of likely N-dealkylation sites (tertiary alicyclic amines) is 1. The second-order valence-corrected chi connectivity index (χ2v) is 9.30. The minimum absolute atomic E-state index is 0.0556. The molecule has 0 radical (unpaired) electrons. The Morgan fingerprint density at radius 2 is 1.60 bits per heavy atom. The third kappa shape index (κ3) is 6.51. The Labute approximate surface area is 206 Å². The second kappa shape index (κ2) is 11.5. The number of nitrogens with one attached hydrogen (secondary N) is 1. The van der Waals surface area contributed by atoms with E-state index in [1.807, 2.05) is 13.8 Å². The average molecular weight is 487 g/mol. The van der Waals surface area contributed by atoms with Crippen LogP contribution in [0.3, 0.4) is 0 Å². The molecule has 0 spiro atoms. The molecule has 0 atom stereocenters. The lowest BCUT2D eigenvalue weighted by Gasteiger charge is -2.32. The van der Waals surface area contributed by atoms with Gasteiger partial charge in [-0.1, -0.05) is 12.1 Å². The number of aliphatic carboxylic acids is 1. The summed E-state index contributed by atoms with van der Waals surface area (Å²) in [5.74, 6) is -1.14. The van der Waals surface area contributed by atoms with Crippen LogP contribution < -0.4 is 14.8 Å². The van der Waals surface area contributed by atoms with E-state index in [4.69, 9.17) is 9.47 Å². The van der Waals surface area contributed by atoms with E-state index in [9.17, 15) is 19.1 Å². The largest absolute Gasteiger partial charge is 0.491 e. The molecule has 1 fully saturated rings. The summed E-state index contributed by atoms with van der Waals surface area (Å²) in [5, 5.41) is 12.5. The molecular formula is C27H35FN2O5. The van der Waals surface area contributed by atoms with E-state index in [0.29, 0.717) is 30.9 Å². The summed E-state index contributed by atoms with van der Waals surface area (Å²) in [6.45, 7) is 9.88. The molecule has 2 aromatic carbocycles. The second-order valence-electron chi connectivity index (χ2n) is 9.30. The molecule has 0 unspecified atom stereocenters. The fraction of sp³-hybridized carbons (Fsp3) is 0.481. The van der Waals surface area contributed by atoms with Crippen molar-refractivity contribution >= 4 is 11.9 Å². The van der Waals surface area contributed by atoms with Crippen LogP contribution in [0.5, 0.6) is 11.5 Å². The van der Waals surface area contributed by atoms with Crippen molar-refractivity contribution in [2.45, 2.75) is 58.5 Å². The maximum atomic E-state index is 14.5. The fourth-order valence-electron chi connectivity index (χ4n) is 4.16. The van der Waals surface area contributed by atoms with Crippen molar-refractivity contribution in [3.05, 3.63) is 58.9 Å². The molecule has 190 valence electrons. The van der Waals surface area contributed by atoms with Gasteiger partial charge in [0, 0.05) is 31.2 Å². The highest BCUT2D eigenvalue weighted by molar-refractivity contribution is 5.94. The summed E-state index contributed by atoms with van der Waals surface area (Å²) < 4.78 is 25.4. The van der Waals surface area contributed by atoms with Crippen LogP contribution in [0.25, 0.3) is 0 Å². The van der Waals surface area contributed by atoms with Crippen molar-refractivity contribution in [3.63, 3.8) is 0 Å². The minimum Gasteiger partial charge on any atom is -0.491 e. The quantitative estimate of drug-likeness (QED) is 0.518. The lowest BCUT2D eigenvalue weighted by molar-refractivity contribution is -0.142. The van der Waals surface area contributed by atoms with Crippen LogP contribution in [0, 0.1) is 5.82 Å². The molecule has 0 aliphatic carbocycles. The molecule has 1 aliphatic rings. The number of piperidine rings is 1. The van der Waals surface area contributed by atoms with E-state index in [2.05, 4.69) is 10.2 Å². The van der Waals surface area contributed by atoms with E-state index < -0.39 is 17.2 Å². The molecule has 3 rings (SSSR count). The van der Waals surface area contributed by atoms with Gasteiger partial charge in [-0.05, 0) is 75.9 Å². The zero-order valence-corrected chi connectivity index (χ0v) is 20.9. The Kier molecular flexibility index (Phi) is 8.72. The predicted molar refractivity (Wildman–Crippen MR) is 132 cm³/mol. The van der Waals surface area contributed by atoms with Gasteiger partial charge in [0.1, 0.15) is 0 Å². The van der Waals surface area contributed by atoms with Gasteiger partial charge in [0.15, 0.2) is 11.5 Å². The molecule has 0 saturated carbocycles. The van der Waals surface area contributed by atoms with Crippen molar-refractivity contribution in [2.24, 2.45) is 0 Å². The topological polar surface area (TPSA) is 88.1 Å². The Bertz CT molecular complexity index is 1000. The van der Waals surface area contributed by atoms with Crippen molar-refractivity contribution < 1.29 is 28.6 Å². The third-order valence-electron chi connectivity index (χ3n) is 6.40. The first-order valence-corrected chi connectivity index (χ1v) is 12.1. The molecule has 2 aromatic rings. The molecule has 8 heteroatoms. The number of halogens is 1. The predicted octanol–water partition coefficient (Wildman–Crippen LogP) is 4.38. The molecule has 1 heterocycles. The molecular weight excluding hydrogens is 451 g/mol. The molecule has 35 heavy (non-hydrogen) atoms. The van der Waals surface area contributed by atoms with Gasteiger partial charge in [0.2, 0.25) is 5.82 Å². The van der Waals surface area contributed by atoms with Gasteiger partial charge in [0.25, 0.3) is 5.91 Å². The molecule has 0 bridgehead atoms. The van der Waals surface area contributed by atoms with Crippen LogP contribution in [0.4, 0.5) is 4.39 Å². The number of ether oxygens (including phenoxy) is 2.